The predicted octanol–water partition coefficient (Wildman–Crippen LogP) is 1.87. The molecule has 1 unspecified atom stereocenters. The average molecular weight is 281 g/mol. The number of nitrogens with one attached hydrogen (secondary N) is 1. The number of nitrogens with two attached hydrogens (primary N) is 1. The molecule has 1 atom stereocenters. The van der Waals surface area contributed by atoms with Gasteiger partial charge >= 0.3 is 0 Å². The second-order valence-corrected chi connectivity index (χ2v) is 6.29. The molecule has 0 heterocycles. The van der Waals surface area contributed by atoms with Gasteiger partial charge in [0, 0.05) is 28.5 Å². The van der Waals surface area contributed by atoms with Crippen LogP contribution in [0.3, 0.4) is 0 Å². The van der Waals surface area contributed by atoms with Gasteiger partial charge in [-0.3, -0.25) is 4.21 Å². The van der Waals surface area contributed by atoms with Gasteiger partial charge in [0.2, 0.25) is 0 Å². The molecule has 1 aromatic rings. The fraction of sp³-hybridized carbons (Fsp3) is 0.500. The zero-order chi connectivity index (χ0) is 14.3. The molecular formula is C14H23N3OS. The smallest absolute Gasteiger partial charge is 0.188 e. The van der Waals surface area contributed by atoms with E-state index in [9.17, 15) is 4.21 Å². The minimum atomic E-state index is -0.932. The molecule has 1 rings (SSSR count). The van der Waals surface area contributed by atoms with Crippen LogP contribution in [0.5, 0.6) is 0 Å². The molecule has 106 valence electrons. The van der Waals surface area contributed by atoms with E-state index in [0.717, 1.165) is 23.4 Å². The molecule has 19 heavy (non-hydrogen) atoms. The van der Waals surface area contributed by atoms with Crippen LogP contribution in [-0.4, -0.2) is 23.0 Å². The lowest BCUT2D eigenvalue weighted by Crippen LogP contribution is -2.32. The van der Waals surface area contributed by atoms with E-state index in [2.05, 4.69) is 24.2 Å². The quantitative estimate of drug-likeness (QED) is 0.618. The number of benzene rings is 1. The molecule has 0 amide bonds. The highest BCUT2D eigenvalue weighted by atomic mass is 32.2. The van der Waals surface area contributed by atoms with Gasteiger partial charge in [-0.2, -0.15) is 0 Å². The fourth-order valence-electron chi connectivity index (χ4n) is 1.51. The SMILES string of the molecule is CC(C)CCNC(N)=NCc1ccc(S(C)=O)cc1. The van der Waals surface area contributed by atoms with Crippen molar-refractivity contribution in [2.75, 3.05) is 12.8 Å². The first-order chi connectivity index (χ1) is 8.99. The van der Waals surface area contributed by atoms with Crippen molar-refractivity contribution in [2.45, 2.75) is 31.7 Å². The van der Waals surface area contributed by atoms with Gasteiger partial charge in [0.15, 0.2) is 5.96 Å². The Morgan fingerprint density at radius 2 is 2.00 bits per heavy atom. The molecule has 3 N–H and O–H groups in total. The molecule has 0 fully saturated rings. The predicted molar refractivity (Wildman–Crippen MR) is 81.6 cm³/mol. The molecule has 0 aliphatic rings. The minimum Gasteiger partial charge on any atom is -0.370 e. The Morgan fingerprint density at radius 3 is 2.53 bits per heavy atom. The lowest BCUT2D eigenvalue weighted by atomic mass is 10.1. The second kappa shape index (κ2) is 7.94. The van der Waals surface area contributed by atoms with Crippen molar-refractivity contribution in [1.82, 2.24) is 5.32 Å². The van der Waals surface area contributed by atoms with Crippen LogP contribution < -0.4 is 11.1 Å². The zero-order valence-corrected chi connectivity index (χ0v) is 12.7. The molecule has 0 spiro atoms. The third-order valence-electron chi connectivity index (χ3n) is 2.72. The van der Waals surface area contributed by atoms with Crippen LogP contribution in [0.4, 0.5) is 0 Å². The number of aliphatic imine (C=N–C) groups is 1. The van der Waals surface area contributed by atoms with E-state index in [4.69, 9.17) is 5.73 Å². The summed E-state index contributed by atoms with van der Waals surface area (Å²) < 4.78 is 11.2. The standard InChI is InChI=1S/C14H23N3OS/c1-11(2)8-9-16-14(15)17-10-12-4-6-13(7-5-12)19(3)18/h4-7,11H,8-10H2,1-3H3,(H3,15,16,17). The Kier molecular flexibility index (Phi) is 6.56. The summed E-state index contributed by atoms with van der Waals surface area (Å²) in [7, 11) is -0.932. The molecule has 0 bridgehead atoms. The molecule has 0 aliphatic carbocycles. The Morgan fingerprint density at radius 1 is 1.37 bits per heavy atom. The van der Waals surface area contributed by atoms with Crippen molar-refractivity contribution in [3.05, 3.63) is 29.8 Å². The third kappa shape index (κ3) is 6.38. The van der Waals surface area contributed by atoms with Gasteiger partial charge < -0.3 is 11.1 Å². The maximum atomic E-state index is 11.2. The number of guanidine groups is 1. The number of nitrogens with zero attached hydrogens (tertiary/aromatic N) is 1. The Balaban J connectivity index is 2.44. The summed E-state index contributed by atoms with van der Waals surface area (Å²) in [6.07, 6.45) is 2.75. The summed E-state index contributed by atoms with van der Waals surface area (Å²) in [5, 5.41) is 3.09. The molecule has 0 radical (unpaired) electrons. The zero-order valence-electron chi connectivity index (χ0n) is 11.8. The minimum absolute atomic E-state index is 0.476. The van der Waals surface area contributed by atoms with Gasteiger partial charge in [-0.05, 0) is 30.0 Å². The first-order valence-electron chi connectivity index (χ1n) is 6.45. The van der Waals surface area contributed by atoms with Crippen molar-refractivity contribution in [3.63, 3.8) is 0 Å². The Bertz CT molecular complexity index is 441. The second-order valence-electron chi connectivity index (χ2n) is 4.91. The van der Waals surface area contributed by atoms with Crippen LogP contribution >= 0.6 is 0 Å². The van der Waals surface area contributed by atoms with E-state index in [1.54, 1.807) is 6.26 Å². The number of hydrogen-bond acceptors (Lipinski definition) is 2. The molecule has 1 aromatic carbocycles. The van der Waals surface area contributed by atoms with Crippen molar-refractivity contribution < 1.29 is 4.21 Å². The Labute approximate surface area is 118 Å². The van der Waals surface area contributed by atoms with Crippen molar-refractivity contribution in [2.24, 2.45) is 16.6 Å². The van der Waals surface area contributed by atoms with E-state index in [0.29, 0.717) is 18.4 Å². The molecular weight excluding hydrogens is 258 g/mol. The summed E-state index contributed by atoms with van der Waals surface area (Å²) in [6, 6.07) is 7.59. The van der Waals surface area contributed by atoms with E-state index in [1.807, 2.05) is 24.3 Å². The molecule has 5 heteroatoms. The lowest BCUT2D eigenvalue weighted by Gasteiger charge is -2.07. The van der Waals surface area contributed by atoms with Gasteiger partial charge in [0.25, 0.3) is 0 Å². The average Bonchev–Trinajstić information content (AvgIpc) is 2.36. The van der Waals surface area contributed by atoms with E-state index in [1.165, 1.54) is 0 Å². The van der Waals surface area contributed by atoms with Crippen LogP contribution in [0.25, 0.3) is 0 Å². The number of hydrogen-bond donors (Lipinski definition) is 2. The normalized spacial score (nSPS) is 13.6. The van der Waals surface area contributed by atoms with Crippen molar-refractivity contribution in [1.29, 1.82) is 0 Å². The highest BCUT2D eigenvalue weighted by Gasteiger charge is 1.98. The van der Waals surface area contributed by atoms with E-state index in [-0.39, 0.29) is 0 Å². The third-order valence-corrected chi connectivity index (χ3v) is 3.65. The highest BCUT2D eigenvalue weighted by Crippen LogP contribution is 2.08. The van der Waals surface area contributed by atoms with Crippen LogP contribution in [0.2, 0.25) is 0 Å². The molecule has 0 saturated carbocycles. The van der Waals surface area contributed by atoms with Gasteiger partial charge in [0.05, 0.1) is 6.54 Å². The molecule has 0 saturated heterocycles. The topological polar surface area (TPSA) is 67.5 Å². The first-order valence-corrected chi connectivity index (χ1v) is 8.01. The largest absolute Gasteiger partial charge is 0.370 e. The van der Waals surface area contributed by atoms with Crippen molar-refractivity contribution >= 4 is 16.8 Å². The summed E-state index contributed by atoms with van der Waals surface area (Å²) in [5.41, 5.74) is 6.83. The number of rotatable bonds is 6. The van der Waals surface area contributed by atoms with Gasteiger partial charge in [0.1, 0.15) is 0 Å². The maximum Gasteiger partial charge on any atom is 0.188 e. The van der Waals surface area contributed by atoms with Gasteiger partial charge in [-0.15, -0.1) is 0 Å². The summed E-state index contributed by atoms with van der Waals surface area (Å²) in [5.74, 6) is 1.13. The highest BCUT2D eigenvalue weighted by molar-refractivity contribution is 7.84. The van der Waals surface area contributed by atoms with Crippen LogP contribution in [0.15, 0.2) is 34.2 Å². The van der Waals surface area contributed by atoms with Crippen LogP contribution in [0, 0.1) is 5.92 Å². The summed E-state index contributed by atoms with van der Waals surface area (Å²) >= 11 is 0. The van der Waals surface area contributed by atoms with Gasteiger partial charge in [-0.1, -0.05) is 26.0 Å². The van der Waals surface area contributed by atoms with Crippen LogP contribution in [0.1, 0.15) is 25.8 Å². The molecule has 0 aliphatic heterocycles. The molecule has 0 aromatic heterocycles. The monoisotopic (exact) mass is 281 g/mol. The molecule has 4 nitrogen and oxygen atoms in total. The van der Waals surface area contributed by atoms with E-state index < -0.39 is 10.8 Å². The lowest BCUT2D eigenvalue weighted by molar-refractivity contribution is 0.576. The summed E-state index contributed by atoms with van der Waals surface area (Å²) in [6.45, 7) is 5.74. The first kappa shape index (κ1) is 15.7. The van der Waals surface area contributed by atoms with Gasteiger partial charge in [-0.25, -0.2) is 4.99 Å². The van der Waals surface area contributed by atoms with Crippen molar-refractivity contribution in [3.8, 4) is 0 Å². The van der Waals surface area contributed by atoms with E-state index >= 15 is 0 Å². The van der Waals surface area contributed by atoms with Crippen LogP contribution in [-0.2, 0) is 17.3 Å². The maximum absolute atomic E-state index is 11.2. The summed E-state index contributed by atoms with van der Waals surface area (Å²) in [4.78, 5) is 5.10. The fourth-order valence-corrected chi connectivity index (χ4v) is 2.03. The Hall–Kier alpha value is -1.36.